The standard InChI is InChI=1S/C30H40N2O4Si/c1-21(2)37(22(3)4,23(5)6)36-28-14-10-13-27(30(28)25-11-8-7-9-12-25)31-29(33)20-17-24-15-18-26(19-16-24)32(34)35/h7-9,11-12,15-23,27H,10,13-14H2,1-6H3,(H,31,33)/b20-17-/t27-/m0/s1. The van der Waals surface area contributed by atoms with Gasteiger partial charge in [0, 0.05) is 30.2 Å². The molecule has 37 heavy (non-hydrogen) atoms. The zero-order valence-corrected chi connectivity index (χ0v) is 23.9. The molecule has 1 amide bonds. The molecular weight excluding hydrogens is 480 g/mol. The van der Waals surface area contributed by atoms with Gasteiger partial charge in [-0.15, -0.1) is 0 Å². The summed E-state index contributed by atoms with van der Waals surface area (Å²) in [5, 5.41) is 14.1. The highest BCUT2D eigenvalue weighted by Crippen LogP contribution is 2.46. The molecule has 0 aliphatic heterocycles. The maximum Gasteiger partial charge on any atom is 0.269 e. The van der Waals surface area contributed by atoms with Crippen molar-refractivity contribution in [2.75, 3.05) is 0 Å². The minimum absolute atomic E-state index is 0.0257. The van der Waals surface area contributed by atoms with Crippen molar-refractivity contribution in [1.29, 1.82) is 0 Å². The fourth-order valence-electron chi connectivity index (χ4n) is 5.84. The van der Waals surface area contributed by atoms with Crippen molar-refractivity contribution in [3.8, 4) is 0 Å². The van der Waals surface area contributed by atoms with E-state index in [1.54, 1.807) is 18.2 Å². The van der Waals surface area contributed by atoms with Crippen LogP contribution in [-0.2, 0) is 9.22 Å². The Kier molecular flexibility index (Phi) is 9.48. The highest BCUT2D eigenvalue weighted by molar-refractivity contribution is 6.78. The molecule has 0 spiro atoms. The third-order valence-electron chi connectivity index (χ3n) is 7.48. The number of nitro groups is 1. The lowest BCUT2D eigenvalue weighted by molar-refractivity contribution is -0.384. The smallest absolute Gasteiger partial charge is 0.269 e. The Morgan fingerprint density at radius 1 is 1.00 bits per heavy atom. The van der Waals surface area contributed by atoms with Crippen LogP contribution < -0.4 is 5.32 Å². The van der Waals surface area contributed by atoms with E-state index in [2.05, 4.69) is 59.0 Å². The number of amides is 1. The first-order chi connectivity index (χ1) is 17.6. The second-order valence-electron chi connectivity index (χ2n) is 10.8. The second kappa shape index (κ2) is 12.4. The highest BCUT2D eigenvalue weighted by Gasteiger charge is 2.48. The average Bonchev–Trinajstić information content (AvgIpc) is 2.86. The van der Waals surface area contributed by atoms with Crippen molar-refractivity contribution in [3.63, 3.8) is 0 Å². The fraction of sp³-hybridized carbons (Fsp3) is 0.433. The number of hydrogen-bond acceptors (Lipinski definition) is 4. The Balaban J connectivity index is 1.93. The van der Waals surface area contributed by atoms with Crippen LogP contribution in [0.2, 0.25) is 16.6 Å². The van der Waals surface area contributed by atoms with Gasteiger partial charge >= 0.3 is 0 Å². The van der Waals surface area contributed by atoms with Crippen molar-refractivity contribution < 1.29 is 14.1 Å². The maximum absolute atomic E-state index is 13.0. The predicted octanol–water partition coefficient (Wildman–Crippen LogP) is 7.88. The van der Waals surface area contributed by atoms with E-state index in [4.69, 9.17) is 4.43 Å². The van der Waals surface area contributed by atoms with Gasteiger partial charge in [0.2, 0.25) is 5.91 Å². The van der Waals surface area contributed by atoms with Crippen molar-refractivity contribution in [1.82, 2.24) is 5.32 Å². The van der Waals surface area contributed by atoms with E-state index in [-0.39, 0.29) is 17.6 Å². The van der Waals surface area contributed by atoms with E-state index in [1.807, 2.05) is 18.2 Å². The van der Waals surface area contributed by atoms with Crippen LogP contribution in [0, 0.1) is 10.1 Å². The van der Waals surface area contributed by atoms with E-state index < -0.39 is 13.2 Å². The quantitative estimate of drug-likeness (QED) is 0.149. The molecule has 2 aromatic rings. The molecule has 0 radical (unpaired) electrons. The Labute approximate surface area is 222 Å². The normalized spacial score (nSPS) is 16.6. The summed E-state index contributed by atoms with van der Waals surface area (Å²) >= 11 is 0. The lowest BCUT2D eigenvalue weighted by Crippen LogP contribution is -2.48. The third-order valence-corrected chi connectivity index (χ3v) is 13.5. The molecule has 1 N–H and O–H groups in total. The van der Waals surface area contributed by atoms with Crippen molar-refractivity contribution in [2.45, 2.75) is 83.5 Å². The molecule has 0 unspecified atom stereocenters. The number of rotatable bonds is 10. The number of carbonyl (C=O) groups is 1. The van der Waals surface area contributed by atoms with Crippen molar-refractivity contribution in [2.24, 2.45) is 0 Å². The Morgan fingerprint density at radius 2 is 1.59 bits per heavy atom. The molecule has 3 rings (SSSR count). The van der Waals surface area contributed by atoms with Crippen LogP contribution in [0.1, 0.15) is 71.9 Å². The summed E-state index contributed by atoms with van der Waals surface area (Å²) in [6.45, 7) is 13.8. The van der Waals surface area contributed by atoms with Crippen LogP contribution in [0.3, 0.4) is 0 Å². The Morgan fingerprint density at radius 3 is 2.14 bits per heavy atom. The SMILES string of the molecule is CC(C)[Si](OC1=C(c2ccccc2)[C@@H](NC(=O)/C=C\c2ccc([N+](=O)[O-])cc2)CCC1)(C(C)C)C(C)C. The molecule has 198 valence electrons. The number of nitrogens with one attached hydrogen (secondary N) is 1. The number of nitrogens with zero attached hydrogens (tertiary/aromatic N) is 1. The van der Waals surface area contributed by atoms with Crippen LogP contribution in [0.15, 0.2) is 66.4 Å². The van der Waals surface area contributed by atoms with Crippen LogP contribution >= 0.6 is 0 Å². The summed E-state index contributed by atoms with van der Waals surface area (Å²) in [5.41, 5.74) is 4.29. The van der Waals surface area contributed by atoms with Crippen LogP contribution in [-0.4, -0.2) is 25.2 Å². The van der Waals surface area contributed by atoms with Crippen LogP contribution in [0.25, 0.3) is 11.6 Å². The van der Waals surface area contributed by atoms with Gasteiger partial charge in [0.05, 0.1) is 16.7 Å². The van der Waals surface area contributed by atoms with E-state index in [0.29, 0.717) is 16.6 Å². The predicted molar refractivity (Wildman–Crippen MR) is 153 cm³/mol. The summed E-state index contributed by atoms with van der Waals surface area (Å²) in [7, 11) is -2.16. The molecule has 0 saturated carbocycles. The molecule has 0 saturated heterocycles. The van der Waals surface area contributed by atoms with Gasteiger partial charge in [0.25, 0.3) is 14.0 Å². The molecule has 6 nitrogen and oxygen atoms in total. The Hall–Kier alpha value is -3.19. The van der Waals surface area contributed by atoms with Crippen molar-refractivity contribution >= 4 is 31.6 Å². The number of benzene rings is 2. The monoisotopic (exact) mass is 520 g/mol. The largest absolute Gasteiger partial charge is 0.545 e. The third kappa shape index (κ3) is 6.58. The summed E-state index contributed by atoms with van der Waals surface area (Å²) < 4.78 is 7.20. The number of carbonyl (C=O) groups excluding carboxylic acids is 1. The first kappa shape index (κ1) is 28.4. The van der Waals surface area contributed by atoms with E-state index >= 15 is 0 Å². The van der Waals surface area contributed by atoms with Gasteiger partial charge in [-0.3, -0.25) is 14.9 Å². The molecule has 0 aromatic heterocycles. The van der Waals surface area contributed by atoms with E-state index in [0.717, 1.165) is 41.7 Å². The topological polar surface area (TPSA) is 81.5 Å². The molecule has 1 atom stereocenters. The van der Waals surface area contributed by atoms with Crippen LogP contribution in [0.5, 0.6) is 0 Å². The van der Waals surface area contributed by atoms with Gasteiger partial charge < -0.3 is 9.74 Å². The number of hydrogen-bond donors (Lipinski definition) is 1. The molecule has 1 aliphatic carbocycles. The highest BCUT2D eigenvalue weighted by atomic mass is 28.4. The molecule has 0 fully saturated rings. The van der Waals surface area contributed by atoms with Gasteiger partial charge in [0.15, 0.2) is 0 Å². The summed E-state index contributed by atoms with van der Waals surface area (Å²) in [6.07, 6.45) is 5.83. The maximum atomic E-state index is 13.0. The van der Waals surface area contributed by atoms with Crippen molar-refractivity contribution in [3.05, 3.63) is 87.7 Å². The molecular formula is C30H40N2O4Si. The van der Waals surface area contributed by atoms with Crippen LogP contribution in [0.4, 0.5) is 5.69 Å². The van der Waals surface area contributed by atoms with E-state index in [9.17, 15) is 14.9 Å². The van der Waals surface area contributed by atoms with Gasteiger partial charge in [0.1, 0.15) is 0 Å². The summed E-state index contributed by atoms with van der Waals surface area (Å²) in [5.74, 6) is 0.836. The average molecular weight is 521 g/mol. The molecule has 1 aliphatic rings. The lowest BCUT2D eigenvalue weighted by Gasteiger charge is -2.44. The second-order valence-corrected chi connectivity index (χ2v) is 16.1. The van der Waals surface area contributed by atoms with Gasteiger partial charge in [-0.25, -0.2) is 0 Å². The van der Waals surface area contributed by atoms with Gasteiger partial charge in [-0.1, -0.05) is 71.9 Å². The minimum Gasteiger partial charge on any atom is -0.545 e. The number of non-ortho nitro benzene ring substituents is 1. The Bertz CT molecular complexity index is 1120. The fourth-order valence-corrected chi connectivity index (χ4v) is 11.2. The van der Waals surface area contributed by atoms with Gasteiger partial charge in [-0.2, -0.15) is 0 Å². The molecule has 2 aromatic carbocycles. The first-order valence-electron chi connectivity index (χ1n) is 13.3. The number of allylic oxidation sites excluding steroid dienone is 1. The zero-order valence-electron chi connectivity index (χ0n) is 22.9. The number of nitro benzene ring substituents is 1. The van der Waals surface area contributed by atoms with Gasteiger partial charge in [-0.05, 0) is 58.8 Å². The van der Waals surface area contributed by atoms with E-state index in [1.165, 1.54) is 18.2 Å². The first-order valence-corrected chi connectivity index (χ1v) is 15.4. The summed E-state index contributed by atoms with van der Waals surface area (Å²) in [6, 6.07) is 16.2. The molecule has 7 heteroatoms. The lowest BCUT2D eigenvalue weighted by atomic mass is 9.87. The molecule has 0 bridgehead atoms. The minimum atomic E-state index is -2.16. The zero-order chi connectivity index (χ0) is 27.2. The summed E-state index contributed by atoms with van der Waals surface area (Å²) in [4.78, 5) is 23.4. The molecule has 0 heterocycles.